The van der Waals surface area contributed by atoms with Crippen LogP contribution in [0, 0.1) is 0 Å². The average molecular weight is 571 g/mol. The van der Waals surface area contributed by atoms with Crippen LogP contribution in [0.15, 0.2) is 146 Å². The maximum atomic E-state index is 2.42. The lowest BCUT2D eigenvalue weighted by molar-refractivity contribution is 0.660. The van der Waals surface area contributed by atoms with Crippen molar-refractivity contribution in [3.8, 4) is 33.4 Å². The lowest BCUT2D eigenvalue weighted by Gasteiger charge is -2.22. The van der Waals surface area contributed by atoms with Crippen LogP contribution in [0.3, 0.4) is 0 Å². The molecule has 0 bridgehead atoms. The summed E-state index contributed by atoms with van der Waals surface area (Å²) < 4.78 is 0. The first-order chi connectivity index (χ1) is 22.1. The molecule has 0 fully saturated rings. The van der Waals surface area contributed by atoms with Crippen LogP contribution in [-0.4, -0.2) is 0 Å². The van der Waals surface area contributed by atoms with E-state index in [1.807, 2.05) is 0 Å². The zero-order valence-electron chi connectivity index (χ0n) is 25.4. The lowest BCUT2D eigenvalue weighted by atomic mass is 9.81. The van der Waals surface area contributed by atoms with Gasteiger partial charge in [0, 0.05) is 5.41 Å². The number of hydrogen-bond acceptors (Lipinski definition) is 0. The maximum Gasteiger partial charge on any atom is 0.0159 e. The molecule has 10 rings (SSSR count). The molecule has 0 amide bonds. The van der Waals surface area contributed by atoms with Gasteiger partial charge < -0.3 is 0 Å². The van der Waals surface area contributed by atoms with Gasteiger partial charge in [0.1, 0.15) is 0 Å². The fraction of sp³-hybridized carbons (Fsp3) is 0.0667. The summed E-state index contributed by atoms with van der Waals surface area (Å²) >= 11 is 0. The summed E-state index contributed by atoms with van der Waals surface area (Å²) in [5, 5.41) is 13.2. The fourth-order valence-electron chi connectivity index (χ4n) is 8.35. The largest absolute Gasteiger partial charge is 0.0619 e. The second-order valence-corrected chi connectivity index (χ2v) is 13.3. The minimum atomic E-state index is 0.000646. The van der Waals surface area contributed by atoms with E-state index in [-0.39, 0.29) is 5.41 Å². The molecule has 1 aliphatic carbocycles. The topological polar surface area (TPSA) is 0 Å². The second-order valence-electron chi connectivity index (χ2n) is 13.3. The summed E-state index contributed by atoms with van der Waals surface area (Å²) in [6.07, 6.45) is 0. The van der Waals surface area contributed by atoms with Gasteiger partial charge in [0.05, 0.1) is 0 Å². The summed E-state index contributed by atoms with van der Waals surface area (Å²) in [6, 6.07) is 54.7. The van der Waals surface area contributed by atoms with Gasteiger partial charge in [0.25, 0.3) is 0 Å². The van der Waals surface area contributed by atoms with Crippen LogP contribution in [0.1, 0.15) is 25.0 Å². The van der Waals surface area contributed by atoms with Gasteiger partial charge in [-0.2, -0.15) is 0 Å². The van der Waals surface area contributed by atoms with E-state index in [2.05, 4.69) is 159 Å². The Morgan fingerprint density at radius 1 is 0.333 bits per heavy atom. The van der Waals surface area contributed by atoms with Crippen molar-refractivity contribution in [2.75, 3.05) is 0 Å². The summed E-state index contributed by atoms with van der Waals surface area (Å²) in [4.78, 5) is 0. The third kappa shape index (κ3) is 3.37. The minimum Gasteiger partial charge on any atom is -0.0619 e. The summed E-state index contributed by atoms with van der Waals surface area (Å²) in [7, 11) is 0. The first-order valence-electron chi connectivity index (χ1n) is 15.9. The molecular formula is C45H30. The number of benzene rings is 9. The molecule has 0 atom stereocenters. The molecule has 0 saturated carbocycles. The van der Waals surface area contributed by atoms with Crippen LogP contribution in [0.5, 0.6) is 0 Å². The third-order valence-corrected chi connectivity index (χ3v) is 10.6. The monoisotopic (exact) mass is 570 g/mol. The third-order valence-electron chi connectivity index (χ3n) is 10.6. The molecular weight excluding hydrogens is 540 g/mol. The van der Waals surface area contributed by atoms with E-state index in [1.165, 1.54) is 98.4 Å². The normalized spacial score (nSPS) is 13.7. The van der Waals surface area contributed by atoms with E-state index in [0.29, 0.717) is 0 Å². The number of rotatable bonds is 2. The van der Waals surface area contributed by atoms with Crippen LogP contribution < -0.4 is 0 Å². The molecule has 0 heterocycles. The predicted molar refractivity (Wildman–Crippen MR) is 194 cm³/mol. The second kappa shape index (κ2) is 8.80. The SMILES string of the molecule is CC1(C)c2ccccc2-c2ccc(-c3ccc4cc(-c5ccc6c7ccccc7c7cccc8ccc5c6c87)ccc4c3)cc21. The summed E-state index contributed by atoms with van der Waals surface area (Å²) in [6.45, 7) is 4.70. The molecule has 210 valence electrons. The van der Waals surface area contributed by atoms with Gasteiger partial charge in [0.15, 0.2) is 0 Å². The van der Waals surface area contributed by atoms with Gasteiger partial charge in [-0.1, -0.05) is 141 Å². The predicted octanol–water partition coefficient (Wildman–Crippen LogP) is 12.5. The molecule has 0 unspecified atom stereocenters. The van der Waals surface area contributed by atoms with E-state index >= 15 is 0 Å². The van der Waals surface area contributed by atoms with Gasteiger partial charge in [-0.05, 0) is 117 Å². The highest BCUT2D eigenvalue weighted by Crippen LogP contribution is 2.50. The fourth-order valence-corrected chi connectivity index (χ4v) is 8.35. The molecule has 0 aromatic heterocycles. The van der Waals surface area contributed by atoms with Crippen molar-refractivity contribution >= 4 is 53.9 Å². The van der Waals surface area contributed by atoms with Crippen LogP contribution in [-0.2, 0) is 5.41 Å². The first kappa shape index (κ1) is 24.9. The Labute approximate surface area is 262 Å². The molecule has 0 spiro atoms. The van der Waals surface area contributed by atoms with Gasteiger partial charge in [-0.25, -0.2) is 0 Å². The van der Waals surface area contributed by atoms with E-state index in [0.717, 1.165) is 0 Å². The standard InChI is InChI=1S/C45H30/c1-45(2)41-13-6-5-11-36(41)37-20-19-31(26-42(37)45)29-14-15-30-25-32(17-16-28(30)24-29)33-22-23-40-35-10-4-3-9-34(35)38-12-7-8-27-18-21-39(33)44(40)43(27)38/h3-26H,1-2H3. The van der Waals surface area contributed by atoms with Crippen molar-refractivity contribution in [2.45, 2.75) is 19.3 Å². The van der Waals surface area contributed by atoms with Gasteiger partial charge in [-0.3, -0.25) is 0 Å². The molecule has 0 nitrogen and oxygen atoms in total. The lowest BCUT2D eigenvalue weighted by Crippen LogP contribution is -2.14. The average Bonchev–Trinajstić information content (AvgIpc) is 3.32. The van der Waals surface area contributed by atoms with Gasteiger partial charge >= 0.3 is 0 Å². The number of fused-ring (bicyclic) bond motifs is 7. The summed E-state index contributed by atoms with van der Waals surface area (Å²) in [5.41, 5.74) is 10.7. The van der Waals surface area contributed by atoms with E-state index in [1.54, 1.807) is 0 Å². The Balaban J connectivity index is 1.11. The van der Waals surface area contributed by atoms with Crippen LogP contribution >= 0.6 is 0 Å². The maximum absolute atomic E-state index is 2.42. The van der Waals surface area contributed by atoms with Crippen molar-refractivity contribution in [3.05, 3.63) is 157 Å². The van der Waals surface area contributed by atoms with Crippen LogP contribution in [0.4, 0.5) is 0 Å². The Kier molecular flexibility index (Phi) is 4.88. The molecule has 0 radical (unpaired) electrons. The van der Waals surface area contributed by atoms with Crippen molar-refractivity contribution in [1.82, 2.24) is 0 Å². The Hall–Kier alpha value is -5.46. The van der Waals surface area contributed by atoms with Gasteiger partial charge in [-0.15, -0.1) is 0 Å². The molecule has 9 aromatic carbocycles. The number of hydrogen-bond donors (Lipinski definition) is 0. The first-order valence-corrected chi connectivity index (χ1v) is 15.9. The molecule has 9 aromatic rings. The van der Waals surface area contributed by atoms with Gasteiger partial charge in [0.2, 0.25) is 0 Å². The molecule has 0 N–H and O–H groups in total. The molecule has 1 aliphatic rings. The highest BCUT2D eigenvalue weighted by Gasteiger charge is 2.35. The Morgan fingerprint density at radius 3 is 1.76 bits per heavy atom. The smallest absolute Gasteiger partial charge is 0.0159 e. The highest BCUT2D eigenvalue weighted by atomic mass is 14.4. The van der Waals surface area contributed by atoms with Crippen LogP contribution in [0.2, 0.25) is 0 Å². The zero-order chi connectivity index (χ0) is 29.9. The zero-order valence-corrected chi connectivity index (χ0v) is 25.4. The molecule has 0 saturated heterocycles. The molecule has 0 aliphatic heterocycles. The summed E-state index contributed by atoms with van der Waals surface area (Å²) in [5.74, 6) is 0. The Morgan fingerprint density at radius 2 is 0.911 bits per heavy atom. The molecule has 45 heavy (non-hydrogen) atoms. The van der Waals surface area contributed by atoms with E-state index < -0.39 is 0 Å². The quantitative estimate of drug-likeness (QED) is 0.143. The van der Waals surface area contributed by atoms with Crippen molar-refractivity contribution in [3.63, 3.8) is 0 Å². The van der Waals surface area contributed by atoms with Crippen molar-refractivity contribution < 1.29 is 0 Å². The van der Waals surface area contributed by atoms with E-state index in [9.17, 15) is 0 Å². The van der Waals surface area contributed by atoms with Crippen molar-refractivity contribution in [1.29, 1.82) is 0 Å². The highest BCUT2D eigenvalue weighted by molar-refractivity contribution is 6.35. The Bertz CT molecular complexity index is 2670. The van der Waals surface area contributed by atoms with Crippen molar-refractivity contribution in [2.24, 2.45) is 0 Å². The minimum absolute atomic E-state index is 0.000646. The van der Waals surface area contributed by atoms with Crippen LogP contribution in [0.25, 0.3) is 87.2 Å². The molecule has 0 heteroatoms. The van der Waals surface area contributed by atoms with E-state index in [4.69, 9.17) is 0 Å².